The highest BCUT2D eigenvalue weighted by Gasteiger charge is 2.19. The molecule has 0 radical (unpaired) electrons. The number of carboxylic acid groups (broad SMARTS) is 1. The molecule has 3 heteroatoms. The maximum Gasteiger partial charge on any atom is 0.307 e. The van der Waals surface area contributed by atoms with Gasteiger partial charge in [-0.05, 0) is 12.3 Å². The van der Waals surface area contributed by atoms with Crippen molar-refractivity contribution in [2.75, 3.05) is 6.54 Å². The third-order valence-corrected chi connectivity index (χ3v) is 3.04. The summed E-state index contributed by atoms with van der Waals surface area (Å²) in [5, 5.41) is 8.91. The van der Waals surface area contributed by atoms with E-state index in [9.17, 15) is 4.79 Å². The predicted molar refractivity (Wildman–Crippen MR) is 62.7 cm³/mol. The molecule has 0 spiro atoms. The average molecular weight is 215 g/mol. The molecule has 0 aromatic heterocycles. The molecule has 0 aliphatic rings. The van der Waals surface area contributed by atoms with E-state index in [0.717, 1.165) is 19.3 Å². The minimum atomic E-state index is -0.744. The van der Waals surface area contributed by atoms with Gasteiger partial charge < -0.3 is 10.8 Å². The summed E-state index contributed by atoms with van der Waals surface area (Å²) in [5.74, 6) is -0.566. The van der Waals surface area contributed by atoms with Gasteiger partial charge in [0.15, 0.2) is 0 Å². The molecule has 0 aliphatic heterocycles. The zero-order valence-corrected chi connectivity index (χ0v) is 10.0. The van der Waals surface area contributed by atoms with Gasteiger partial charge in [-0.15, -0.1) is 0 Å². The van der Waals surface area contributed by atoms with E-state index in [0.29, 0.717) is 5.92 Å². The molecule has 15 heavy (non-hydrogen) atoms. The fourth-order valence-electron chi connectivity index (χ4n) is 1.87. The standard InChI is InChI=1S/C12H25NO2/c1-3-5-6-7-10(4-2)8-11(9-13)12(14)15/h10-11H,3-9,13H2,1-2H3,(H,14,15). The summed E-state index contributed by atoms with van der Waals surface area (Å²) in [6, 6.07) is 0. The van der Waals surface area contributed by atoms with Crippen LogP contribution in [0.2, 0.25) is 0 Å². The first-order chi connectivity index (χ1) is 7.15. The van der Waals surface area contributed by atoms with E-state index in [4.69, 9.17) is 10.8 Å². The molecular formula is C12H25NO2. The van der Waals surface area contributed by atoms with Gasteiger partial charge in [0.2, 0.25) is 0 Å². The molecule has 2 unspecified atom stereocenters. The molecular weight excluding hydrogens is 190 g/mol. The molecule has 2 atom stereocenters. The number of unbranched alkanes of at least 4 members (excludes halogenated alkanes) is 2. The van der Waals surface area contributed by atoms with Crippen molar-refractivity contribution in [2.24, 2.45) is 17.6 Å². The van der Waals surface area contributed by atoms with Gasteiger partial charge in [0.1, 0.15) is 0 Å². The Bertz CT molecular complexity index is 171. The molecule has 0 heterocycles. The van der Waals surface area contributed by atoms with Crippen molar-refractivity contribution < 1.29 is 9.90 Å². The summed E-state index contributed by atoms with van der Waals surface area (Å²) in [5.41, 5.74) is 5.45. The van der Waals surface area contributed by atoms with Gasteiger partial charge in [0.05, 0.1) is 5.92 Å². The Morgan fingerprint density at radius 1 is 1.33 bits per heavy atom. The van der Waals surface area contributed by atoms with Crippen LogP contribution in [0.3, 0.4) is 0 Å². The Morgan fingerprint density at radius 3 is 2.40 bits per heavy atom. The van der Waals surface area contributed by atoms with E-state index in [-0.39, 0.29) is 12.5 Å². The van der Waals surface area contributed by atoms with E-state index >= 15 is 0 Å². The second-order valence-electron chi connectivity index (χ2n) is 4.28. The van der Waals surface area contributed by atoms with Crippen molar-refractivity contribution >= 4 is 5.97 Å². The second kappa shape index (κ2) is 8.72. The van der Waals surface area contributed by atoms with Crippen LogP contribution in [0, 0.1) is 11.8 Å². The van der Waals surface area contributed by atoms with Crippen LogP contribution in [0.25, 0.3) is 0 Å². The van der Waals surface area contributed by atoms with Crippen molar-refractivity contribution in [2.45, 2.75) is 52.4 Å². The lowest BCUT2D eigenvalue weighted by molar-refractivity contribution is -0.142. The van der Waals surface area contributed by atoms with Crippen LogP contribution in [0.15, 0.2) is 0 Å². The highest BCUT2D eigenvalue weighted by atomic mass is 16.4. The molecule has 0 saturated carbocycles. The fourth-order valence-corrected chi connectivity index (χ4v) is 1.87. The molecule has 0 aliphatic carbocycles. The van der Waals surface area contributed by atoms with Gasteiger partial charge in [-0.3, -0.25) is 4.79 Å². The van der Waals surface area contributed by atoms with Crippen LogP contribution >= 0.6 is 0 Å². The predicted octanol–water partition coefficient (Wildman–Crippen LogP) is 2.64. The topological polar surface area (TPSA) is 63.3 Å². The minimum Gasteiger partial charge on any atom is -0.481 e. The van der Waals surface area contributed by atoms with Crippen LogP contribution in [-0.4, -0.2) is 17.6 Å². The summed E-state index contributed by atoms with van der Waals surface area (Å²) in [6.45, 7) is 4.58. The number of hydrogen-bond donors (Lipinski definition) is 2. The molecule has 90 valence electrons. The van der Waals surface area contributed by atoms with E-state index < -0.39 is 5.97 Å². The quantitative estimate of drug-likeness (QED) is 0.581. The lowest BCUT2D eigenvalue weighted by atomic mass is 9.88. The maximum atomic E-state index is 10.8. The first kappa shape index (κ1) is 14.4. The van der Waals surface area contributed by atoms with E-state index in [1.165, 1.54) is 19.3 Å². The molecule has 0 rings (SSSR count). The molecule has 3 nitrogen and oxygen atoms in total. The van der Waals surface area contributed by atoms with Crippen LogP contribution in [-0.2, 0) is 4.79 Å². The molecule has 3 N–H and O–H groups in total. The van der Waals surface area contributed by atoms with Gasteiger partial charge in [0.25, 0.3) is 0 Å². The van der Waals surface area contributed by atoms with Crippen molar-refractivity contribution in [3.63, 3.8) is 0 Å². The molecule has 0 aromatic rings. The number of carbonyl (C=O) groups is 1. The summed E-state index contributed by atoms with van der Waals surface area (Å²) in [4.78, 5) is 10.8. The van der Waals surface area contributed by atoms with Crippen molar-refractivity contribution in [1.82, 2.24) is 0 Å². The van der Waals surface area contributed by atoms with Gasteiger partial charge >= 0.3 is 5.97 Å². The van der Waals surface area contributed by atoms with Crippen LogP contribution < -0.4 is 5.73 Å². The highest BCUT2D eigenvalue weighted by Crippen LogP contribution is 2.21. The molecule has 0 fully saturated rings. The summed E-state index contributed by atoms with van der Waals surface area (Å²) >= 11 is 0. The first-order valence-corrected chi connectivity index (χ1v) is 6.08. The Balaban J connectivity index is 3.89. The molecule has 0 amide bonds. The SMILES string of the molecule is CCCCCC(CC)CC(CN)C(=O)O. The van der Waals surface area contributed by atoms with Crippen LogP contribution in [0.4, 0.5) is 0 Å². The normalized spacial score (nSPS) is 14.9. The number of hydrogen-bond acceptors (Lipinski definition) is 2. The van der Waals surface area contributed by atoms with Crippen molar-refractivity contribution in [1.29, 1.82) is 0 Å². The van der Waals surface area contributed by atoms with E-state index in [1.807, 2.05) is 0 Å². The van der Waals surface area contributed by atoms with Crippen molar-refractivity contribution in [3.8, 4) is 0 Å². The van der Waals surface area contributed by atoms with Gasteiger partial charge in [-0.25, -0.2) is 0 Å². The zero-order valence-electron chi connectivity index (χ0n) is 10.0. The van der Waals surface area contributed by atoms with E-state index in [1.54, 1.807) is 0 Å². The van der Waals surface area contributed by atoms with Crippen LogP contribution in [0.5, 0.6) is 0 Å². The zero-order chi connectivity index (χ0) is 11.7. The average Bonchev–Trinajstić information content (AvgIpc) is 2.22. The Labute approximate surface area is 93.0 Å². The largest absolute Gasteiger partial charge is 0.481 e. The van der Waals surface area contributed by atoms with E-state index in [2.05, 4.69) is 13.8 Å². The number of nitrogens with two attached hydrogens (primary N) is 1. The Kier molecular flexibility index (Phi) is 8.38. The minimum absolute atomic E-state index is 0.264. The summed E-state index contributed by atoms with van der Waals surface area (Å²) < 4.78 is 0. The monoisotopic (exact) mass is 215 g/mol. The lowest BCUT2D eigenvalue weighted by Gasteiger charge is -2.18. The maximum absolute atomic E-state index is 10.8. The summed E-state index contributed by atoms with van der Waals surface area (Å²) in [6.07, 6.45) is 6.63. The second-order valence-corrected chi connectivity index (χ2v) is 4.28. The fraction of sp³-hybridized carbons (Fsp3) is 0.917. The number of rotatable bonds is 9. The first-order valence-electron chi connectivity index (χ1n) is 6.08. The molecule has 0 bridgehead atoms. The highest BCUT2D eigenvalue weighted by molar-refractivity contribution is 5.70. The number of carboxylic acids is 1. The molecule has 0 aromatic carbocycles. The lowest BCUT2D eigenvalue weighted by Crippen LogP contribution is -2.25. The Hall–Kier alpha value is -0.570. The number of aliphatic carboxylic acids is 1. The molecule has 0 saturated heterocycles. The third kappa shape index (κ3) is 6.50. The van der Waals surface area contributed by atoms with Crippen molar-refractivity contribution in [3.05, 3.63) is 0 Å². The third-order valence-electron chi connectivity index (χ3n) is 3.04. The smallest absolute Gasteiger partial charge is 0.307 e. The van der Waals surface area contributed by atoms with Gasteiger partial charge in [-0.1, -0.05) is 46.0 Å². The summed E-state index contributed by atoms with van der Waals surface area (Å²) in [7, 11) is 0. The Morgan fingerprint density at radius 2 is 2.00 bits per heavy atom. The van der Waals surface area contributed by atoms with Gasteiger partial charge in [0, 0.05) is 6.54 Å². The van der Waals surface area contributed by atoms with Crippen LogP contribution in [0.1, 0.15) is 52.4 Å². The van der Waals surface area contributed by atoms with Gasteiger partial charge in [-0.2, -0.15) is 0 Å².